The first-order valence-electron chi connectivity index (χ1n) is 7.73. The lowest BCUT2D eigenvalue weighted by atomic mass is 9.92. The average molecular weight is 362 g/mol. The summed E-state index contributed by atoms with van der Waals surface area (Å²) in [5.41, 5.74) is 0.499. The standard InChI is InChI=1S/C18H18O8/c1-10(19)25-13-5-2-11(3-6-13)4-7-16(21)26-15-9-12(18(23)24)8-14(20)17(15)22/h2-8,14-15,17,20,22H,9H2,1H3,(H,23,24)/b7-4+/t14-,15-,17-/m1/s1. The van der Waals surface area contributed by atoms with Crippen LogP contribution in [0.1, 0.15) is 18.9 Å². The number of rotatable bonds is 5. The van der Waals surface area contributed by atoms with Gasteiger partial charge < -0.3 is 24.8 Å². The van der Waals surface area contributed by atoms with Gasteiger partial charge in [0.15, 0.2) is 0 Å². The molecule has 0 unspecified atom stereocenters. The smallest absolute Gasteiger partial charge is 0.331 e. The number of carbonyl (C=O) groups is 3. The molecule has 0 saturated heterocycles. The lowest BCUT2D eigenvalue weighted by Gasteiger charge is -2.29. The summed E-state index contributed by atoms with van der Waals surface area (Å²) in [6.45, 7) is 1.28. The molecule has 1 aromatic rings. The predicted octanol–water partition coefficient (Wildman–Crippen LogP) is 0.673. The minimum atomic E-state index is -1.43. The molecule has 2 rings (SSSR count). The molecule has 0 aromatic heterocycles. The number of carbonyl (C=O) groups excluding carboxylic acids is 2. The van der Waals surface area contributed by atoms with E-state index in [4.69, 9.17) is 14.6 Å². The van der Waals surface area contributed by atoms with Crippen LogP contribution >= 0.6 is 0 Å². The quantitative estimate of drug-likeness (QED) is 0.396. The Morgan fingerprint density at radius 2 is 1.81 bits per heavy atom. The summed E-state index contributed by atoms with van der Waals surface area (Å²) in [6, 6.07) is 6.34. The first-order valence-corrected chi connectivity index (χ1v) is 7.73. The molecule has 138 valence electrons. The number of carboxylic acid groups (broad SMARTS) is 1. The molecule has 0 bridgehead atoms. The van der Waals surface area contributed by atoms with Crippen LogP contribution in [0.4, 0.5) is 0 Å². The Kier molecular flexibility index (Phi) is 6.26. The van der Waals surface area contributed by atoms with Crippen LogP contribution in [0.3, 0.4) is 0 Å². The highest BCUT2D eigenvalue weighted by atomic mass is 16.6. The summed E-state index contributed by atoms with van der Waals surface area (Å²) in [5.74, 6) is -2.12. The lowest BCUT2D eigenvalue weighted by Crippen LogP contribution is -2.43. The summed E-state index contributed by atoms with van der Waals surface area (Å²) in [4.78, 5) is 33.7. The summed E-state index contributed by atoms with van der Waals surface area (Å²) in [6.07, 6.45) is -0.617. The summed E-state index contributed by atoms with van der Waals surface area (Å²) in [7, 11) is 0. The van der Waals surface area contributed by atoms with Gasteiger partial charge in [0.2, 0.25) is 0 Å². The molecule has 8 heteroatoms. The second kappa shape index (κ2) is 8.41. The zero-order valence-corrected chi connectivity index (χ0v) is 13.9. The van der Waals surface area contributed by atoms with Gasteiger partial charge >= 0.3 is 17.9 Å². The predicted molar refractivity (Wildman–Crippen MR) is 89.0 cm³/mol. The van der Waals surface area contributed by atoms with Crippen LogP contribution in [0, 0.1) is 0 Å². The fraction of sp³-hybridized carbons (Fsp3) is 0.278. The molecule has 0 radical (unpaired) electrons. The van der Waals surface area contributed by atoms with E-state index in [2.05, 4.69) is 0 Å². The Hall–Kier alpha value is -2.97. The van der Waals surface area contributed by atoms with Crippen LogP contribution in [-0.4, -0.2) is 51.5 Å². The number of hydrogen-bond donors (Lipinski definition) is 3. The number of hydrogen-bond acceptors (Lipinski definition) is 7. The molecule has 1 aliphatic carbocycles. The maximum atomic E-state index is 11.9. The number of aliphatic carboxylic acids is 1. The number of benzene rings is 1. The van der Waals surface area contributed by atoms with E-state index in [-0.39, 0.29) is 12.0 Å². The monoisotopic (exact) mass is 362 g/mol. The van der Waals surface area contributed by atoms with Crippen molar-refractivity contribution in [2.45, 2.75) is 31.7 Å². The maximum absolute atomic E-state index is 11.9. The summed E-state index contributed by atoms with van der Waals surface area (Å²) >= 11 is 0. The van der Waals surface area contributed by atoms with Crippen LogP contribution in [0.25, 0.3) is 6.08 Å². The van der Waals surface area contributed by atoms with Crippen molar-refractivity contribution in [2.24, 2.45) is 0 Å². The van der Waals surface area contributed by atoms with Crippen LogP contribution in [-0.2, 0) is 19.1 Å². The van der Waals surface area contributed by atoms with Crippen molar-refractivity contribution in [2.75, 3.05) is 0 Å². The van der Waals surface area contributed by atoms with Gasteiger partial charge in [-0.25, -0.2) is 9.59 Å². The summed E-state index contributed by atoms with van der Waals surface area (Å²) < 4.78 is 9.93. The molecular formula is C18H18O8. The maximum Gasteiger partial charge on any atom is 0.331 e. The first kappa shape index (κ1) is 19.4. The van der Waals surface area contributed by atoms with E-state index >= 15 is 0 Å². The lowest BCUT2D eigenvalue weighted by molar-refractivity contribution is -0.154. The van der Waals surface area contributed by atoms with Crippen LogP contribution in [0.5, 0.6) is 5.75 Å². The molecule has 1 aliphatic rings. The topological polar surface area (TPSA) is 130 Å². The minimum Gasteiger partial charge on any atom is -0.478 e. The molecular weight excluding hydrogens is 344 g/mol. The van der Waals surface area contributed by atoms with Crippen molar-refractivity contribution in [1.29, 1.82) is 0 Å². The third-order valence-corrected chi connectivity index (χ3v) is 3.62. The number of carboxylic acids is 1. The largest absolute Gasteiger partial charge is 0.478 e. The van der Waals surface area contributed by atoms with Gasteiger partial charge in [0.1, 0.15) is 24.1 Å². The van der Waals surface area contributed by atoms with Crippen LogP contribution in [0.15, 0.2) is 42.0 Å². The molecule has 26 heavy (non-hydrogen) atoms. The van der Waals surface area contributed by atoms with Crippen LogP contribution in [0.2, 0.25) is 0 Å². The Bertz CT molecular complexity index is 747. The first-order chi connectivity index (χ1) is 12.3. The van der Waals surface area contributed by atoms with E-state index < -0.39 is 36.2 Å². The molecule has 0 fully saturated rings. The molecule has 3 N–H and O–H groups in total. The highest BCUT2D eigenvalue weighted by molar-refractivity contribution is 5.88. The van der Waals surface area contributed by atoms with Crippen molar-refractivity contribution in [3.8, 4) is 5.75 Å². The number of ether oxygens (including phenoxy) is 2. The normalized spacial score (nSPS) is 22.6. The molecule has 3 atom stereocenters. The van der Waals surface area contributed by atoms with Gasteiger partial charge in [0, 0.05) is 25.0 Å². The Balaban J connectivity index is 1.97. The third-order valence-electron chi connectivity index (χ3n) is 3.62. The van der Waals surface area contributed by atoms with E-state index in [1.807, 2.05) is 0 Å². The van der Waals surface area contributed by atoms with E-state index in [0.717, 1.165) is 12.2 Å². The highest BCUT2D eigenvalue weighted by Gasteiger charge is 2.35. The molecule has 0 spiro atoms. The van der Waals surface area contributed by atoms with Gasteiger partial charge in [-0.2, -0.15) is 0 Å². The second-order valence-corrected chi connectivity index (χ2v) is 5.65. The molecule has 0 saturated carbocycles. The van der Waals surface area contributed by atoms with E-state index in [1.54, 1.807) is 24.3 Å². The zero-order valence-electron chi connectivity index (χ0n) is 13.9. The number of aliphatic hydroxyl groups is 2. The van der Waals surface area contributed by atoms with E-state index in [9.17, 15) is 24.6 Å². The Morgan fingerprint density at radius 3 is 2.38 bits per heavy atom. The molecule has 0 amide bonds. The Morgan fingerprint density at radius 1 is 1.15 bits per heavy atom. The Labute approximate surface area is 149 Å². The van der Waals surface area contributed by atoms with Gasteiger partial charge in [-0.15, -0.1) is 0 Å². The molecule has 0 heterocycles. The van der Waals surface area contributed by atoms with Gasteiger partial charge in [0.05, 0.1) is 0 Å². The van der Waals surface area contributed by atoms with E-state index in [0.29, 0.717) is 11.3 Å². The fourth-order valence-electron chi connectivity index (χ4n) is 2.37. The average Bonchev–Trinajstić information content (AvgIpc) is 2.57. The highest BCUT2D eigenvalue weighted by Crippen LogP contribution is 2.23. The third kappa shape index (κ3) is 5.27. The fourth-order valence-corrected chi connectivity index (χ4v) is 2.37. The zero-order chi connectivity index (χ0) is 19.3. The summed E-state index contributed by atoms with van der Waals surface area (Å²) in [5, 5.41) is 28.5. The van der Waals surface area contributed by atoms with Gasteiger partial charge in [0.25, 0.3) is 0 Å². The SMILES string of the molecule is CC(=O)Oc1ccc(/C=C/C(=O)O[C@@H]2CC(C(=O)O)=C[C@@H](O)[C@H]2O)cc1. The van der Waals surface area contributed by atoms with Crippen molar-refractivity contribution in [3.63, 3.8) is 0 Å². The van der Waals surface area contributed by atoms with Gasteiger partial charge in [-0.3, -0.25) is 4.79 Å². The molecule has 8 nitrogen and oxygen atoms in total. The minimum absolute atomic E-state index is 0.134. The van der Waals surface area contributed by atoms with E-state index in [1.165, 1.54) is 13.0 Å². The number of aliphatic hydroxyl groups excluding tert-OH is 2. The van der Waals surface area contributed by atoms with Gasteiger partial charge in [-0.05, 0) is 29.8 Å². The molecule has 0 aliphatic heterocycles. The van der Waals surface area contributed by atoms with Crippen LogP contribution < -0.4 is 4.74 Å². The molecule has 1 aromatic carbocycles. The van der Waals surface area contributed by atoms with Crippen molar-refractivity contribution in [1.82, 2.24) is 0 Å². The number of esters is 2. The van der Waals surface area contributed by atoms with Gasteiger partial charge in [-0.1, -0.05) is 12.1 Å². The second-order valence-electron chi connectivity index (χ2n) is 5.65. The van der Waals surface area contributed by atoms with Crippen molar-refractivity contribution >= 4 is 24.0 Å². The van der Waals surface area contributed by atoms with Crippen molar-refractivity contribution < 1.29 is 39.2 Å². The van der Waals surface area contributed by atoms with Crippen molar-refractivity contribution in [3.05, 3.63) is 47.6 Å².